The van der Waals surface area contributed by atoms with E-state index in [2.05, 4.69) is 12.2 Å². The maximum atomic E-state index is 13.3. The molecule has 0 unspecified atom stereocenters. The van der Waals surface area contributed by atoms with Crippen molar-refractivity contribution < 1.29 is 9.59 Å². The van der Waals surface area contributed by atoms with E-state index in [4.69, 9.17) is 5.73 Å². The Kier molecular flexibility index (Phi) is 5.11. The van der Waals surface area contributed by atoms with Gasteiger partial charge in [0.15, 0.2) is 0 Å². The van der Waals surface area contributed by atoms with Crippen molar-refractivity contribution in [2.45, 2.75) is 20.3 Å². The van der Waals surface area contributed by atoms with Crippen molar-refractivity contribution in [3.63, 3.8) is 0 Å². The highest BCUT2D eigenvalue weighted by atomic mass is 16.2. The number of aryl methyl sites for hydroxylation is 2. The highest BCUT2D eigenvalue weighted by Crippen LogP contribution is 2.29. The molecule has 3 N–H and O–H groups in total. The number of para-hydroxylation sites is 1. The lowest BCUT2D eigenvalue weighted by Gasteiger charge is -2.08. The summed E-state index contributed by atoms with van der Waals surface area (Å²) in [5.74, 6) is -0.558. The molecule has 2 aromatic carbocycles. The van der Waals surface area contributed by atoms with Crippen LogP contribution in [0.3, 0.4) is 0 Å². The number of hydrogen-bond donors (Lipinski definition) is 2. The van der Waals surface area contributed by atoms with Gasteiger partial charge in [-0.2, -0.15) is 0 Å². The quantitative estimate of drug-likeness (QED) is 0.472. The number of hydrogen-bond acceptors (Lipinski definition) is 3. The fourth-order valence-electron chi connectivity index (χ4n) is 3.62. The van der Waals surface area contributed by atoms with E-state index in [-0.39, 0.29) is 17.4 Å². The molecule has 0 aliphatic carbocycles. The van der Waals surface area contributed by atoms with Gasteiger partial charge in [0.25, 0.3) is 5.91 Å². The van der Waals surface area contributed by atoms with Crippen LogP contribution in [0, 0.1) is 6.92 Å². The maximum absolute atomic E-state index is 13.3. The van der Waals surface area contributed by atoms with Gasteiger partial charge in [-0.1, -0.05) is 55.5 Å². The highest BCUT2D eigenvalue weighted by Gasteiger charge is 2.26. The van der Waals surface area contributed by atoms with Crippen molar-refractivity contribution >= 4 is 28.6 Å². The first-order valence-electron chi connectivity index (χ1n) is 9.90. The Hall–Kier alpha value is -3.86. The zero-order valence-corrected chi connectivity index (χ0v) is 17.0. The summed E-state index contributed by atoms with van der Waals surface area (Å²) in [7, 11) is 0. The van der Waals surface area contributed by atoms with E-state index in [1.807, 2.05) is 55.5 Å². The minimum atomic E-state index is -0.342. The molecule has 2 aromatic heterocycles. The number of nitrogens with two attached hydrogens (primary N) is 1. The second-order valence-corrected chi connectivity index (χ2v) is 7.24. The van der Waals surface area contributed by atoms with Crippen LogP contribution in [0.5, 0.6) is 0 Å². The van der Waals surface area contributed by atoms with E-state index < -0.39 is 0 Å². The van der Waals surface area contributed by atoms with Crippen LogP contribution in [-0.2, 0) is 6.42 Å². The van der Waals surface area contributed by atoms with Gasteiger partial charge in [0.1, 0.15) is 5.69 Å². The zero-order valence-electron chi connectivity index (χ0n) is 17.0. The standard InChI is InChI=1S/C25H23N3O2/c1-3-17-11-13-18(14-12-17)24(29)23-22(26)21(20-10-6-7-15-28(20)23)25(30)27-19-9-5-4-8-16(19)2/h4-15H,3,26H2,1-2H3,(H,27,30). The van der Waals surface area contributed by atoms with E-state index in [0.29, 0.717) is 28.0 Å². The average Bonchev–Trinajstić information content (AvgIpc) is 3.06. The van der Waals surface area contributed by atoms with Crippen molar-refractivity contribution in [1.29, 1.82) is 0 Å². The first-order valence-corrected chi connectivity index (χ1v) is 9.90. The summed E-state index contributed by atoms with van der Waals surface area (Å²) in [5, 5.41) is 2.92. The van der Waals surface area contributed by atoms with E-state index in [9.17, 15) is 9.59 Å². The molecule has 0 saturated carbocycles. The summed E-state index contributed by atoms with van der Waals surface area (Å²) >= 11 is 0. The Labute approximate surface area is 175 Å². The molecule has 0 saturated heterocycles. The van der Waals surface area contributed by atoms with Crippen LogP contribution in [-0.4, -0.2) is 16.1 Å². The monoisotopic (exact) mass is 397 g/mol. The van der Waals surface area contributed by atoms with Crippen molar-refractivity contribution in [2.75, 3.05) is 11.1 Å². The van der Waals surface area contributed by atoms with Gasteiger partial charge < -0.3 is 15.5 Å². The largest absolute Gasteiger partial charge is 0.396 e. The summed E-state index contributed by atoms with van der Waals surface area (Å²) in [6.07, 6.45) is 2.65. The first kappa shape index (κ1) is 19.5. The van der Waals surface area contributed by atoms with Gasteiger partial charge in [-0.05, 0) is 42.7 Å². The Morgan fingerprint density at radius 3 is 2.37 bits per heavy atom. The SMILES string of the molecule is CCc1ccc(C(=O)c2c(N)c(C(=O)Nc3ccccc3C)c3ccccn23)cc1. The normalized spacial score (nSPS) is 10.9. The molecule has 0 atom stereocenters. The van der Waals surface area contributed by atoms with E-state index >= 15 is 0 Å². The summed E-state index contributed by atoms with van der Waals surface area (Å²) < 4.78 is 1.69. The number of carbonyl (C=O) groups is 2. The number of nitrogens with one attached hydrogen (secondary N) is 1. The second kappa shape index (κ2) is 7.87. The third-order valence-corrected chi connectivity index (χ3v) is 5.34. The number of rotatable bonds is 5. The summed E-state index contributed by atoms with van der Waals surface area (Å²) in [6.45, 7) is 3.99. The van der Waals surface area contributed by atoms with Crippen molar-refractivity contribution in [2.24, 2.45) is 0 Å². The van der Waals surface area contributed by atoms with Crippen LogP contribution in [0.1, 0.15) is 44.5 Å². The molecule has 2 heterocycles. The maximum Gasteiger partial charge on any atom is 0.259 e. The summed E-state index contributed by atoms with van der Waals surface area (Å²) in [6, 6.07) is 20.4. The number of pyridine rings is 1. The van der Waals surface area contributed by atoms with Gasteiger partial charge in [-0.3, -0.25) is 9.59 Å². The second-order valence-electron chi connectivity index (χ2n) is 7.24. The Morgan fingerprint density at radius 1 is 0.967 bits per heavy atom. The molecule has 0 aliphatic heterocycles. The van der Waals surface area contributed by atoms with E-state index in [1.165, 1.54) is 0 Å². The molecule has 5 heteroatoms. The molecule has 0 aliphatic rings. The topological polar surface area (TPSA) is 76.6 Å². The summed E-state index contributed by atoms with van der Waals surface area (Å²) in [5.41, 5.74) is 11.1. The lowest BCUT2D eigenvalue weighted by atomic mass is 10.0. The molecule has 0 fully saturated rings. The van der Waals surface area contributed by atoms with Gasteiger partial charge in [-0.15, -0.1) is 0 Å². The molecule has 4 rings (SSSR count). The van der Waals surface area contributed by atoms with Crippen LogP contribution < -0.4 is 11.1 Å². The van der Waals surface area contributed by atoms with Crippen LogP contribution in [0.25, 0.3) is 5.52 Å². The van der Waals surface area contributed by atoms with Crippen molar-refractivity contribution in [3.8, 4) is 0 Å². The zero-order chi connectivity index (χ0) is 21.3. The Balaban J connectivity index is 1.80. The minimum Gasteiger partial charge on any atom is -0.396 e. The number of nitrogens with zero attached hydrogens (tertiary/aromatic N) is 1. The Morgan fingerprint density at radius 2 is 1.67 bits per heavy atom. The predicted octanol–water partition coefficient (Wildman–Crippen LogP) is 4.88. The lowest BCUT2D eigenvalue weighted by Crippen LogP contribution is -2.14. The molecule has 4 aromatic rings. The fourth-order valence-corrected chi connectivity index (χ4v) is 3.62. The van der Waals surface area contributed by atoms with Gasteiger partial charge >= 0.3 is 0 Å². The molecular formula is C25H23N3O2. The molecule has 150 valence electrons. The number of ketones is 1. The molecule has 0 bridgehead atoms. The summed E-state index contributed by atoms with van der Waals surface area (Å²) in [4.78, 5) is 26.4. The highest BCUT2D eigenvalue weighted by molar-refractivity contribution is 6.20. The van der Waals surface area contributed by atoms with Crippen LogP contribution in [0.15, 0.2) is 72.9 Å². The third-order valence-electron chi connectivity index (χ3n) is 5.34. The molecule has 0 spiro atoms. The third kappa shape index (κ3) is 3.35. The fraction of sp³-hybridized carbons (Fsp3) is 0.120. The van der Waals surface area contributed by atoms with Crippen LogP contribution in [0.4, 0.5) is 11.4 Å². The average molecular weight is 397 g/mol. The van der Waals surface area contributed by atoms with Gasteiger partial charge in [0.05, 0.1) is 16.8 Å². The molecule has 0 radical (unpaired) electrons. The number of anilines is 2. The van der Waals surface area contributed by atoms with Crippen LogP contribution >= 0.6 is 0 Å². The minimum absolute atomic E-state index is 0.178. The van der Waals surface area contributed by atoms with Crippen LogP contribution in [0.2, 0.25) is 0 Å². The molecular weight excluding hydrogens is 374 g/mol. The van der Waals surface area contributed by atoms with E-state index in [1.54, 1.807) is 28.8 Å². The molecule has 30 heavy (non-hydrogen) atoms. The Bertz CT molecular complexity index is 1250. The number of benzene rings is 2. The van der Waals surface area contributed by atoms with E-state index in [0.717, 1.165) is 17.5 Å². The van der Waals surface area contributed by atoms with Crippen molar-refractivity contribution in [3.05, 3.63) is 101 Å². The smallest absolute Gasteiger partial charge is 0.259 e. The number of aromatic nitrogens is 1. The molecule has 1 amide bonds. The lowest BCUT2D eigenvalue weighted by molar-refractivity contribution is 0.102. The number of amides is 1. The van der Waals surface area contributed by atoms with Gasteiger partial charge in [-0.25, -0.2) is 0 Å². The predicted molar refractivity (Wildman–Crippen MR) is 120 cm³/mol. The number of carbonyl (C=O) groups excluding carboxylic acids is 2. The first-order chi connectivity index (χ1) is 14.5. The van der Waals surface area contributed by atoms with Gasteiger partial charge in [0, 0.05) is 17.4 Å². The molecule has 5 nitrogen and oxygen atoms in total. The van der Waals surface area contributed by atoms with Gasteiger partial charge in [0.2, 0.25) is 5.78 Å². The number of nitrogen functional groups attached to an aromatic ring is 1. The van der Waals surface area contributed by atoms with Crippen molar-refractivity contribution in [1.82, 2.24) is 4.40 Å². The number of fused-ring (bicyclic) bond motifs is 1.